The molecule has 114 valence electrons. The number of nitrogens with zero attached hydrogens (tertiary/aromatic N) is 2. The summed E-state index contributed by atoms with van der Waals surface area (Å²) in [5.74, 6) is 1.11. The first-order valence-electron chi connectivity index (χ1n) is 8.45. The van der Waals surface area contributed by atoms with Gasteiger partial charge < -0.3 is 15.1 Å². The summed E-state index contributed by atoms with van der Waals surface area (Å²) in [6.45, 7) is 4.36. The highest BCUT2D eigenvalue weighted by Gasteiger charge is 2.35. The Morgan fingerprint density at radius 3 is 2.90 bits per heavy atom. The SMILES string of the molecule is CN1CCCC2CN(C(=O)CCC3CCCN3)CCC21. The molecule has 3 atom stereocenters. The van der Waals surface area contributed by atoms with Gasteiger partial charge >= 0.3 is 0 Å². The number of carbonyl (C=O) groups excluding carboxylic acids is 1. The molecule has 3 unspecified atom stereocenters. The Morgan fingerprint density at radius 1 is 1.20 bits per heavy atom. The van der Waals surface area contributed by atoms with E-state index < -0.39 is 0 Å². The first-order valence-corrected chi connectivity index (χ1v) is 8.45. The number of hydrogen-bond acceptors (Lipinski definition) is 3. The molecule has 0 aliphatic carbocycles. The molecule has 3 aliphatic rings. The van der Waals surface area contributed by atoms with Crippen LogP contribution in [0.25, 0.3) is 0 Å². The number of hydrogen-bond donors (Lipinski definition) is 1. The van der Waals surface area contributed by atoms with Gasteiger partial charge in [0.2, 0.25) is 5.91 Å². The number of amides is 1. The molecule has 0 radical (unpaired) electrons. The molecule has 20 heavy (non-hydrogen) atoms. The predicted octanol–water partition coefficient (Wildman–Crippen LogP) is 1.46. The van der Waals surface area contributed by atoms with Gasteiger partial charge in [-0.15, -0.1) is 0 Å². The highest BCUT2D eigenvalue weighted by Crippen LogP contribution is 2.29. The number of fused-ring (bicyclic) bond motifs is 1. The number of piperidine rings is 2. The molecule has 0 bridgehead atoms. The fourth-order valence-electron chi connectivity index (χ4n) is 4.34. The van der Waals surface area contributed by atoms with Crippen LogP contribution in [0, 0.1) is 5.92 Å². The molecule has 3 heterocycles. The van der Waals surface area contributed by atoms with Crippen molar-refractivity contribution in [1.82, 2.24) is 15.1 Å². The summed E-state index contributed by atoms with van der Waals surface area (Å²) in [5, 5.41) is 3.49. The van der Waals surface area contributed by atoms with Crippen molar-refractivity contribution in [3.05, 3.63) is 0 Å². The van der Waals surface area contributed by atoms with Crippen LogP contribution in [0.1, 0.15) is 44.9 Å². The van der Waals surface area contributed by atoms with Crippen molar-refractivity contribution >= 4 is 5.91 Å². The Kier molecular flexibility index (Phi) is 4.61. The lowest BCUT2D eigenvalue weighted by Gasteiger charge is -2.46. The largest absolute Gasteiger partial charge is 0.342 e. The van der Waals surface area contributed by atoms with Gasteiger partial charge in [-0.3, -0.25) is 4.79 Å². The van der Waals surface area contributed by atoms with Gasteiger partial charge in [0.05, 0.1) is 0 Å². The van der Waals surface area contributed by atoms with Crippen molar-refractivity contribution in [2.45, 2.75) is 57.0 Å². The third kappa shape index (κ3) is 3.17. The summed E-state index contributed by atoms with van der Waals surface area (Å²) in [6.07, 6.45) is 8.08. The van der Waals surface area contributed by atoms with Gasteiger partial charge in [-0.2, -0.15) is 0 Å². The molecule has 1 N–H and O–H groups in total. The smallest absolute Gasteiger partial charge is 0.222 e. The van der Waals surface area contributed by atoms with Gasteiger partial charge in [-0.25, -0.2) is 0 Å². The van der Waals surface area contributed by atoms with Gasteiger partial charge in [-0.05, 0) is 64.6 Å². The average Bonchev–Trinajstić information content (AvgIpc) is 2.98. The van der Waals surface area contributed by atoms with Crippen LogP contribution in [0.5, 0.6) is 0 Å². The third-order valence-electron chi connectivity index (χ3n) is 5.57. The molecule has 0 saturated carbocycles. The van der Waals surface area contributed by atoms with Gasteiger partial charge in [0.15, 0.2) is 0 Å². The topological polar surface area (TPSA) is 35.6 Å². The maximum atomic E-state index is 12.4. The second-order valence-corrected chi connectivity index (χ2v) is 6.91. The van der Waals surface area contributed by atoms with Gasteiger partial charge in [0, 0.05) is 31.6 Å². The summed E-state index contributed by atoms with van der Waals surface area (Å²) < 4.78 is 0. The van der Waals surface area contributed by atoms with E-state index in [4.69, 9.17) is 0 Å². The molecular formula is C16H29N3O. The van der Waals surface area contributed by atoms with E-state index in [-0.39, 0.29) is 0 Å². The maximum absolute atomic E-state index is 12.4. The molecule has 0 spiro atoms. The Labute approximate surface area is 122 Å². The van der Waals surface area contributed by atoms with Crippen molar-refractivity contribution in [1.29, 1.82) is 0 Å². The van der Waals surface area contributed by atoms with Crippen LogP contribution in [-0.4, -0.2) is 61.0 Å². The van der Waals surface area contributed by atoms with E-state index in [0.717, 1.165) is 44.4 Å². The van der Waals surface area contributed by atoms with E-state index in [1.54, 1.807) is 0 Å². The molecule has 3 rings (SSSR count). The molecule has 0 aromatic carbocycles. The lowest BCUT2D eigenvalue weighted by molar-refractivity contribution is -0.134. The number of nitrogens with one attached hydrogen (secondary N) is 1. The number of rotatable bonds is 3. The van der Waals surface area contributed by atoms with E-state index in [1.807, 2.05) is 0 Å². The van der Waals surface area contributed by atoms with Crippen molar-refractivity contribution in [2.75, 3.05) is 33.2 Å². The van der Waals surface area contributed by atoms with Crippen molar-refractivity contribution in [2.24, 2.45) is 5.92 Å². The minimum atomic E-state index is 0.394. The zero-order valence-electron chi connectivity index (χ0n) is 12.8. The zero-order chi connectivity index (χ0) is 13.9. The highest BCUT2D eigenvalue weighted by molar-refractivity contribution is 5.76. The Hall–Kier alpha value is -0.610. The Morgan fingerprint density at radius 2 is 2.10 bits per heavy atom. The predicted molar refractivity (Wildman–Crippen MR) is 80.6 cm³/mol. The summed E-state index contributed by atoms with van der Waals surface area (Å²) >= 11 is 0. The molecule has 3 saturated heterocycles. The van der Waals surface area contributed by atoms with E-state index >= 15 is 0 Å². The standard InChI is InChI=1S/C16H29N3O/c1-18-10-3-4-13-12-19(11-8-15(13)18)16(20)7-6-14-5-2-9-17-14/h13-15,17H,2-12H2,1H3. The first kappa shape index (κ1) is 14.3. The van der Waals surface area contributed by atoms with Crippen LogP contribution in [0.4, 0.5) is 0 Å². The fourth-order valence-corrected chi connectivity index (χ4v) is 4.34. The molecule has 0 aromatic heterocycles. The van der Waals surface area contributed by atoms with Crippen LogP contribution in [0.3, 0.4) is 0 Å². The Balaban J connectivity index is 1.46. The van der Waals surface area contributed by atoms with Crippen molar-refractivity contribution in [3.63, 3.8) is 0 Å². The molecule has 4 nitrogen and oxygen atoms in total. The summed E-state index contributed by atoms with van der Waals surface area (Å²) in [7, 11) is 2.25. The first-order chi connectivity index (χ1) is 9.74. The summed E-state index contributed by atoms with van der Waals surface area (Å²) in [6, 6.07) is 1.32. The molecular weight excluding hydrogens is 250 g/mol. The van der Waals surface area contributed by atoms with E-state index in [2.05, 4.69) is 22.2 Å². The highest BCUT2D eigenvalue weighted by atomic mass is 16.2. The fraction of sp³-hybridized carbons (Fsp3) is 0.938. The third-order valence-corrected chi connectivity index (χ3v) is 5.57. The monoisotopic (exact) mass is 279 g/mol. The number of likely N-dealkylation sites (tertiary alicyclic amines) is 2. The van der Waals surface area contributed by atoms with Crippen LogP contribution < -0.4 is 5.32 Å². The molecule has 3 aliphatic heterocycles. The molecule has 0 aromatic rings. The van der Waals surface area contributed by atoms with Crippen LogP contribution in [-0.2, 0) is 4.79 Å². The van der Waals surface area contributed by atoms with Crippen LogP contribution in [0.2, 0.25) is 0 Å². The van der Waals surface area contributed by atoms with E-state index in [1.165, 1.54) is 38.6 Å². The molecule has 1 amide bonds. The summed E-state index contributed by atoms with van der Waals surface area (Å²) in [4.78, 5) is 17.1. The Bertz CT molecular complexity index is 341. The average molecular weight is 279 g/mol. The second-order valence-electron chi connectivity index (χ2n) is 6.91. The van der Waals surface area contributed by atoms with Gasteiger partial charge in [0.25, 0.3) is 0 Å². The normalized spacial score (nSPS) is 35.0. The lowest BCUT2D eigenvalue weighted by Crippen LogP contribution is -2.53. The minimum absolute atomic E-state index is 0.394. The van der Waals surface area contributed by atoms with Gasteiger partial charge in [0.1, 0.15) is 0 Å². The quantitative estimate of drug-likeness (QED) is 0.849. The van der Waals surface area contributed by atoms with Crippen LogP contribution >= 0.6 is 0 Å². The van der Waals surface area contributed by atoms with Crippen molar-refractivity contribution in [3.8, 4) is 0 Å². The van der Waals surface area contributed by atoms with Gasteiger partial charge in [-0.1, -0.05) is 0 Å². The van der Waals surface area contributed by atoms with Crippen LogP contribution in [0.15, 0.2) is 0 Å². The summed E-state index contributed by atoms with van der Waals surface area (Å²) in [5.41, 5.74) is 0. The van der Waals surface area contributed by atoms with E-state index in [0.29, 0.717) is 11.9 Å². The molecule has 3 fully saturated rings. The lowest BCUT2D eigenvalue weighted by atomic mass is 9.84. The molecule has 4 heteroatoms. The van der Waals surface area contributed by atoms with Crippen molar-refractivity contribution < 1.29 is 4.79 Å². The minimum Gasteiger partial charge on any atom is -0.342 e. The number of carbonyl (C=O) groups is 1. The van der Waals surface area contributed by atoms with E-state index in [9.17, 15) is 4.79 Å². The second kappa shape index (κ2) is 6.44. The maximum Gasteiger partial charge on any atom is 0.222 e. The zero-order valence-corrected chi connectivity index (χ0v) is 12.8.